The molecule has 2 aliphatic carbocycles. The van der Waals surface area contributed by atoms with Gasteiger partial charge in [0.1, 0.15) is 13.2 Å². The Morgan fingerprint density at radius 3 is 3.25 bits per heavy atom. The minimum absolute atomic E-state index is 0.00576. The van der Waals surface area contributed by atoms with Gasteiger partial charge in [-0.25, -0.2) is 0 Å². The van der Waals surface area contributed by atoms with Gasteiger partial charge in [-0.2, -0.15) is 0 Å². The quantitative estimate of drug-likeness (QED) is 0.476. The van der Waals surface area contributed by atoms with E-state index >= 15 is 0 Å². The van der Waals surface area contributed by atoms with Gasteiger partial charge in [-0.3, -0.25) is 4.79 Å². The first-order chi connectivity index (χ1) is 9.79. The predicted molar refractivity (Wildman–Crippen MR) is 73.6 cm³/mol. The van der Waals surface area contributed by atoms with Crippen molar-refractivity contribution in [2.75, 3.05) is 13.2 Å². The van der Waals surface area contributed by atoms with Gasteiger partial charge in [0.2, 0.25) is 0 Å². The molecule has 4 rings (SSSR count). The minimum atomic E-state index is -0.142. The summed E-state index contributed by atoms with van der Waals surface area (Å²) in [7, 11) is 0. The van der Waals surface area contributed by atoms with E-state index in [1.807, 2.05) is 6.07 Å². The van der Waals surface area contributed by atoms with Crippen molar-refractivity contribution in [2.24, 2.45) is 11.8 Å². The molecule has 0 amide bonds. The first-order valence-corrected chi connectivity index (χ1v) is 6.77. The van der Waals surface area contributed by atoms with Crippen LogP contribution in [0.4, 0.5) is 0 Å². The van der Waals surface area contributed by atoms with E-state index in [0.29, 0.717) is 25.7 Å². The number of carbonyl (C=O) groups excluding carboxylic acids is 1. The smallest absolute Gasteiger partial charge is 0.310 e. The molecule has 1 saturated heterocycles. The van der Waals surface area contributed by atoms with Crippen molar-refractivity contribution in [3.05, 3.63) is 41.0 Å². The molecule has 1 spiro atoms. The van der Waals surface area contributed by atoms with Crippen LogP contribution in [-0.2, 0) is 26.3 Å². The van der Waals surface area contributed by atoms with E-state index < -0.39 is 0 Å². The number of terminal acetylenes is 1. The monoisotopic (exact) mass is 266 g/mol. The zero-order valence-electron chi connectivity index (χ0n) is 11.0. The van der Waals surface area contributed by atoms with E-state index in [4.69, 9.17) is 15.9 Å². The number of ether oxygens (including phenoxy) is 2. The second-order valence-electron chi connectivity index (χ2n) is 5.59. The maximum absolute atomic E-state index is 11.8. The Labute approximate surface area is 117 Å². The van der Waals surface area contributed by atoms with E-state index in [0.717, 1.165) is 5.56 Å². The fourth-order valence-electron chi connectivity index (χ4n) is 3.84. The van der Waals surface area contributed by atoms with Crippen molar-refractivity contribution in [3.8, 4) is 12.3 Å². The number of hydrogen-bond donors (Lipinski definition) is 0. The van der Waals surface area contributed by atoms with Gasteiger partial charge in [-0.1, -0.05) is 36.3 Å². The summed E-state index contributed by atoms with van der Waals surface area (Å²) in [6.45, 7) is 1.27. The number of hydrogen-bond acceptors (Lipinski definition) is 3. The number of esters is 1. The standard InChI is InChI=1S/C17H14O3/c1-2-8-19-9-12-5-3-4-11-6-7-13-15-16(18)20-10-17(13,15)14(11)12/h1,3-7,13,15H,8-10H2/t13-,15-,17?/m0/s1. The molecule has 0 radical (unpaired) electrons. The molecule has 1 heterocycles. The Bertz CT molecular complexity index is 667. The van der Waals surface area contributed by atoms with Gasteiger partial charge >= 0.3 is 5.97 Å². The summed E-state index contributed by atoms with van der Waals surface area (Å²) in [5, 5.41) is 0. The number of carbonyl (C=O) groups is 1. The van der Waals surface area contributed by atoms with Crippen LogP contribution in [0.15, 0.2) is 24.3 Å². The van der Waals surface area contributed by atoms with Crippen molar-refractivity contribution in [2.45, 2.75) is 12.0 Å². The van der Waals surface area contributed by atoms with Crippen molar-refractivity contribution in [3.63, 3.8) is 0 Å². The van der Waals surface area contributed by atoms with Gasteiger partial charge in [-0.05, 0) is 16.7 Å². The molecule has 2 fully saturated rings. The second kappa shape index (κ2) is 3.97. The van der Waals surface area contributed by atoms with E-state index in [-0.39, 0.29) is 17.3 Å². The Morgan fingerprint density at radius 1 is 1.50 bits per heavy atom. The number of cyclic esters (lactones) is 1. The van der Waals surface area contributed by atoms with Gasteiger partial charge in [-0.15, -0.1) is 6.42 Å². The van der Waals surface area contributed by atoms with Crippen LogP contribution in [0, 0.1) is 24.2 Å². The predicted octanol–water partition coefficient (Wildman–Crippen LogP) is 1.90. The van der Waals surface area contributed by atoms with Crippen LogP contribution in [0.5, 0.6) is 0 Å². The molecule has 1 unspecified atom stereocenters. The first-order valence-electron chi connectivity index (χ1n) is 6.77. The van der Waals surface area contributed by atoms with Gasteiger partial charge in [0, 0.05) is 5.92 Å². The SMILES string of the molecule is C#CCOCc1cccc2c1C13COC(=O)[C@@H]1[C@@H]3C=C2. The lowest BCUT2D eigenvalue weighted by Gasteiger charge is -2.23. The summed E-state index contributed by atoms with van der Waals surface area (Å²) in [6.07, 6.45) is 9.48. The number of rotatable bonds is 3. The molecule has 100 valence electrons. The van der Waals surface area contributed by atoms with Crippen molar-refractivity contribution in [1.29, 1.82) is 0 Å². The highest BCUT2D eigenvalue weighted by Crippen LogP contribution is 2.67. The molecule has 1 saturated carbocycles. The molecule has 20 heavy (non-hydrogen) atoms. The molecule has 0 bridgehead atoms. The zero-order valence-corrected chi connectivity index (χ0v) is 11.0. The summed E-state index contributed by atoms with van der Waals surface area (Å²) in [4.78, 5) is 11.8. The molecule has 1 aromatic carbocycles. The normalized spacial score (nSPS) is 31.9. The largest absolute Gasteiger partial charge is 0.464 e. The van der Waals surface area contributed by atoms with Gasteiger partial charge in [0.25, 0.3) is 0 Å². The average Bonchev–Trinajstić information content (AvgIpc) is 3.03. The molecular weight excluding hydrogens is 252 g/mol. The van der Waals surface area contributed by atoms with E-state index in [2.05, 4.69) is 30.2 Å². The van der Waals surface area contributed by atoms with Crippen LogP contribution in [0.25, 0.3) is 6.08 Å². The molecular formula is C17H14O3. The second-order valence-corrected chi connectivity index (χ2v) is 5.59. The molecule has 3 aliphatic rings. The topological polar surface area (TPSA) is 35.5 Å². The molecule has 3 heteroatoms. The lowest BCUT2D eigenvalue weighted by molar-refractivity contribution is -0.141. The molecule has 1 aromatic rings. The Kier molecular flexibility index (Phi) is 2.33. The summed E-state index contributed by atoms with van der Waals surface area (Å²) >= 11 is 0. The third-order valence-electron chi connectivity index (χ3n) is 4.68. The van der Waals surface area contributed by atoms with Crippen LogP contribution in [0.1, 0.15) is 16.7 Å². The molecule has 3 nitrogen and oxygen atoms in total. The summed E-state index contributed by atoms with van der Waals surface area (Å²) in [5.41, 5.74) is 3.37. The van der Waals surface area contributed by atoms with Crippen LogP contribution < -0.4 is 0 Å². The Balaban J connectivity index is 1.77. The Morgan fingerprint density at radius 2 is 2.40 bits per heavy atom. The van der Waals surface area contributed by atoms with Crippen LogP contribution in [0.2, 0.25) is 0 Å². The molecule has 1 aliphatic heterocycles. The summed E-state index contributed by atoms with van der Waals surface area (Å²) in [6, 6.07) is 6.15. The molecule has 3 atom stereocenters. The van der Waals surface area contributed by atoms with E-state index in [1.54, 1.807) is 0 Å². The maximum Gasteiger partial charge on any atom is 0.310 e. The summed E-state index contributed by atoms with van der Waals surface area (Å²) < 4.78 is 10.8. The molecule has 0 N–H and O–H groups in total. The van der Waals surface area contributed by atoms with Crippen molar-refractivity contribution >= 4 is 12.0 Å². The molecule has 0 aromatic heterocycles. The average molecular weight is 266 g/mol. The van der Waals surface area contributed by atoms with Crippen molar-refractivity contribution in [1.82, 2.24) is 0 Å². The third kappa shape index (κ3) is 1.32. The highest BCUT2D eigenvalue weighted by atomic mass is 16.5. The fraction of sp³-hybridized carbons (Fsp3) is 0.353. The van der Waals surface area contributed by atoms with E-state index in [1.165, 1.54) is 11.1 Å². The third-order valence-corrected chi connectivity index (χ3v) is 4.68. The number of fused-ring (bicyclic) bond motifs is 2. The van der Waals surface area contributed by atoms with Gasteiger partial charge < -0.3 is 9.47 Å². The van der Waals surface area contributed by atoms with Crippen LogP contribution in [-0.4, -0.2) is 19.2 Å². The lowest BCUT2D eigenvalue weighted by Crippen LogP contribution is -2.21. The Hall–Kier alpha value is -2.05. The van der Waals surface area contributed by atoms with Gasteiger partial charge in [0.15, 0.2) is 0 Å². The number of benzene rings is 1. The summed E-state index contributed by atoms with van der Waals surface area (Å²) in [5.74, 6) is 2.70. The zero-order chi connectivity index (χ0) is 13.7. The van der Waals surface area contributed by atoms with Crippen LogP contribution in [0.3, 0.4) is 0 Å². The highest BCUT2D eigenvalue weighted by molar-refractivity contribution is 5.87. The van der Waals surface area contributed by atoms with E-state index in [9.17, 15) is 4.79 Å². The first kappa shape index (κ1) is 11.7. The van der Waals surface area contributed by atoms with Crippen LogP contribution >= 0.6 is 0 Å². The highest BCUT2D eigenvalue weighted by Gasteiger charge is 2.74. The maximum atomic E-state index is 11.8. The minimum Gasteiger partial charge on any atom is -0.464 e. The van der Waals surface area contributed by atoms with Gasteiger partial charge in [0.05, 0.1) is 17.9 Å². The lowest BCUT2D eigenvalue weighted by atomic mass is 9.82. The van der Waals surface area contributed by atoms with Crippen molar-refractivity contribution < 1.29 is 14.3 Å². The number of allylic oxidation sites excluding steroid dienone is 1. The fourth-order valence-corrected chi connectivity index (χ4v) is 3.84.